The maximum Gasteiger partial charge on any atom is 0.306 e. The maximum atomic E-state index is 11.3. The van der Waals surface area contributed by atoms with Gasteiger partial charge in [-0.05, 0) is 20.1 Å². The third-order valence-corrected chi connectivity index (χ3v) is 4.60. The first-order valence-electron chi connectivity index (χ1n) is 6.40. The molecule has 0 saturated carbocycles. The predicted octanol–water partition coefficient (Wildman–Crippen LogP) is 2.83. The van der Waals surface area contributed by atoms with E-state index < -0.39 is 0 Å². The molecule has 0 spiro atoms. The van der Waals surface area contributed by atoms with E-state index in [1.165, 1.54) is 0 Å². The van der Waals surface area contributed by atoms with Gasteiger partial charge in [-0.2, -0.15) is 11.8 Å². The third kappa shape index (κ3) is 5.40. The van der Waals surface area contributed by atoms with Crippen LogP contribution in [-0.4, -0.2) is 42.7 Å². The summed E-state index contributed by atoms with van der Waals surface area (Å²) in [6.45, 7) is 4.45. The highest BCUT2D eigenvalue weighted by Gasteiger charge is 2.13. The van der Waals surface area contributed by atoms with Crippen LogP contribution in [-0.2, 0) is 16.0 Å². The van der Waals surface area contributed by atoms with Crippen LogP contribution in [0.4, 0.5) is 5.13 Å². The molecule has 6 heteroatoms. The van der Waals surface area contributed by atoms with Crippen LogP contribution in [0.25, 0.3) is 0 Å². The number of nitrogens with zero attached hydrogens (tertiary/aromatic N) is 2. The minimum atomic E-state index is -0.152. The van der Waals surface area contributed by atoms with E-state index in [0.29, 0.717) is 25.5 Å². The van der Waals surface area contributed by atoms with E-state index in [2.05, 4.69) is 30.1 Å². The van der Waals surface area contributed by atoms with Gasteiger partial charge in [0.25, 0.3) is 0 Å². The van der Waals surface area contributed by atoms with Crippen molar-refractivity contribution in [1.82, 2.24) is 4.98 Å². The second kappa shape index (κ2) is 8.43. The molecule has 4 nitrogen and oxygen atoms in total. The molecule has 1 aromatic rings. The molecule has 0 amide bonds. The molecule has 108 valence electrons. The fraction of sp³-hybridized carbons (Fsp3) is 0.692. The number of aromatic nitrogens is 1. The molecule has 1 atom stereocenters. The Kier molecular flexibility index (Phi) is 7.23. The number of hydrogen-bond acceptors (Lipinski definition) is 6. The number of thiazole rings is 1. The molecule has 1 rings (SSSR count). The quantitative estimate of drug-likeness (QED) is 0.691. The molecule has 0 aliphatic carbocycles. The Morgan fingerprint density at radius 3 is 3.00 bits per heavy atom. The van der Waals surface area contributed by atoms with Crippen molar-refractivity contribution in [3.8, 4) is 0 Å². The van der Waals surface area contributed by atoms with Crippen LogP contribution in [0.1, 0.15) is 26.0 Å². The molecule has 0 saturated heterocycles. The van der Waals surface area contributed by atoms with Crippen molar-refractivity contribution in [2.75, 3.05) is 30.6 Å². The summed E-state index contributed by atoms with van der Waals surface area (Å²) in [7, 11) is 2.06. The Hall–Kier alpha value is -0.750. The average Bonchev–Trinajstić information content (AvgIpc) is 2.85. The van der Waals surface area contributed by atoms with Gasteiger partial charge in [-0.15, -0.1) is 11.3 Å². The van der Waals surface area contributed by atoms with Crippen LogP contribution in [0, 0.1) is 0 Å². The van der Waals surface area contributed by atoms with Crippen LogP contribution >= 0.6 is 23.1 Å². The predicted molar refractivity (Wildman–Crippen MR) is 83.3 cm³/mol. The van der Waals surface area contributed by atoms with E-state index in [1.807, 2.05) is 24.1 Å². The van der Waals surface area contributed by atoms with Crippen LogP contribution in [0.5, 0.6) is 0 Å². The Labute approximate surface area is 123 Å². The van der Waals surface area contributed by atoms with E-state index in [4.69, 9.17) is 4.74 Å². The van der Waals surface area contributed by atoms with Crippen molar-refractivity contribution in [3.05, 3.63) is 11.1 Å². The molecule has 0 aliphatic rings. The van der Waals surface area contributed by atoms with Crippen molar-refractivity contribution in [3.63, 3.8) is 0 Å². The highest BCUT2D eigenvalue weighted by atomic mass is 32.2. The van der Waals surface area contributed by atoms with E-state index >= 15 is 0 Å². The summed E-state index contributed by atoms with van der Waals surface area (Å²) in [6.07, 6.45) is 3.16. The molecule has 0 fully saturated rings. The van der Waals surface area contributed by atoms with Gasteiger partial charge in [0.05, 0.1) is 18.7 Å². The molecule has 0 bridgehead atoms. The molecule has 0 radical (unpaired) electrons. The summed E-state index contributed by atoms with van der Waals surface area (Å²) in [5.74, 6) is 0.926. The fourth-order valence-electron chi connectivity index (χ4n) is 1.58. The first kappa shape index (κ1) is 16.3. The summed E-state index contributed by atoms with van der Waals surface area (Å²) >= 11 is 3.46. The third-order valence-electron chi connectivity index (χ3n) is 2.80. The van der Waals surface area contributed by atoms with Crippen molar-refractivity contribution < 1.29 is 9.53 Å². The molecular formula is C13H22N2O2S2. The number of carbonyl (C=O) groups excluding carboxylic acids is 1. The molecule has 1 unspecified atom stereocenters. The summed E-state index contributed by atoms with van der Waals surface area (Å²) in [5.41, 5.74) is 0.969. The molecule has 1 aromatic heterocycles. The number of carbonyl (C=O) groups is 1. The Morgan fingerprint density at radius 1 is 1.63 bits per heavy atom. The van der Waals surface area contributed by atoms with Crippen molar-refractivity contribution >= 4 is 34.2 Å². The number of thioether (sulfide) groups is 1. The SMILES string of the molecule is CCOC(=O)CCc1csc(N(C)C(C)CSC)n1. The van der Waals surface area contributed by atoms with Crippen molar-refractivity contribution in [2.24, 2.45) is 0 Å². The standard InChI is InChI=1S/C13H22N2O2S2/c1-5-17-12(16)7-6-11-9-19-13(14-11)15(3)10(2)8-18-4/h9-10H,5-8H2,1-4H3. The largest absolute Gasteiger partial charge is 0.466 e. The van der Waals surface area contributed by atoms with Crippen molar-refractivity contribution in [1.29, 1.82) is 0 Å². The Bertz CT molecular complexity index is 396. The van der Waals surface area contributed by atoms with Gasteiger partial charge < -0.3 is 9.64 Å². The van der Waals surface area contributed by atoms with Crippen molar-refractivity contribution in [2.45, 2.75) is 32.7 Å². The van der Waals surface area contributed by atoms with Gasteiger partial charge >= 0.3 is 5.97 Å². The summed E-state index contributed by atoms with van der Waals surface area (Å²) in [6, 6.07) is 0.457. The number of hydrogen-bond donors (Lipinski definition) is 0. The topological polar surface area (TPSA) is 42.4 Å². The number of ether oxygens (including phenoxy) is 1. The van der Waals surface area contributed by atoms with Gasteiger partial charge in [-0.25, -0.2) is 4.98 Å². The van der Waals surface area contributed by atoms with Gasteiger partial charge in [0.1, 0.15) is 0 Å². The fourth-order valence-corrected chi connectivity index (χ4v) is 3.21. The lowest BCUT2D eigenvalue weighted by atomic mass is 10.2. The van der Waals surface area contributed by atoms with Gasteiger partial charge in [0.15, 0.2) is 5.13 Å². The van der Waals surface area contributed by atoms with Crippen LogP contribution < -0.4 is 4.90 Å². The highest BCUT2D eigenvalue weighted by Crippen LogP contribution is 2.22. The minimum Gasteiger partial charge on any atom is -0.466 e. The normalized spacial score (nSPS) is 12.2. The average molecular weight is 302 g/mol. The minimum absolute atomic E-state index is 0.152. The number of aryl methyl sites for hydroxylation is 1. The zero-order chi connectivity index (χ0) is 14.3. The smallest absolute Gasteiger partial charge is 0.306 e. The maximum absolute atomic E-state index is 11.3. The van der Waals surface area contributed by atoms with Crippen LogP contribution in [0.3, 0.4) is 0 Å². The van der Waals surface area contributed by atoms with E-state index in [-0.39, 0.29) is 5.97 Å². The molecule has 0 N–H and O–H groups in total. The Morgan fingerprint density at radius 2 is 2.37 bits per heavy atom. The van der Waals surface area contributed by atoms with E-state index in [0.717, 1.165) is 16.6 Å². The van der Waals surface area contributed by atoms with E-state index in [1.54, 1.807) is 11.3 Å². The van der Waals surface area contributed by atoms with Gasteiger partial charge in [-0.3, -0.25) is 4.79 Å². The molecule has 0 aromatic carbocycles. The second-order valence-electron chi connectivity index (χ2n) is 4.34. The molecule has 19 heavy (non-hydrogen) atoms. The lowest BCUT2D eigenvalue weighted by molar-refractivity contribution is -0.143. The lowest BCUT2D eigenvalue weighted by Crippen LogP contribution is -2.30. The zero-order valence-electron chi connectivity index (χ0n) is 12.0. The molecular weight excluding hydrogens is 280 g/mol. The summed E-state index contributed by atoms with van der Waals surface area (Å²) < 4.78 is 4.91. The monoisotopic (exact) mass is 302 g/mol. The first-order chi connectivity index (χ1) is 9.08. The molecule has 0 aliphatic heterocycles. The second-order valence-corrected chi connectivity index (χ2v) is 6.09. The first-order valence-corrected chi connectivity index (χ1v) is 8.67. The van der Waals surface area contributed by atoms with Gasteiger partial charge in [0, 0.05) is 30.6 Å². The Balaban J connectivity index is 2.50. The van der Waals surface area contributed by atoms with Crippen LogP contribution in [0.2, 0.25) is 0 Å². The van der Waals surface area contributed by atoms with Gasteiger partial charge in [-0.1, -0.05) is 0 Å². The number of rotatable bonds is 8. The lowest BCUT2D eigenvalue weighted by Gasteiger charge is -2.23. The van der Waals surface area contributed by atoms with Gasteiger partial charge in [0.2, 0.25) is 0 Å². The highest BCUT2D eigenvalue weighted by molar-refractivity contribution is 7.98. The zero-order valence-corrected chi connectivity index (χ0v) is 13.6. The number of anilines is 1. The van der Waals surface area contributed by atoms with E-state index in [9.17, 15) is 4.79 Å². The summed E-state index contributed by atoms with van der Waals surface area (Å²) in [4.78, 5) is 18.1. The number of esters is 1. The summed E-state index contributed by atoms with van der Waals surface area (Å²) in [5, 5.41) is 3.04. The molecule has 1 heterocycles. The van der Waals surface area contributed by atoms with Crippen LogP contribution in [0.15, 0.2) is 5.38 Å².